The van der Waals surface area contributed by atoms with Crippen LogP contribution in [0.2, 0.25) is 0 Å². The minimum atomic E-state index is 0.133. The van der Waals surface area contributed by atoms with Gasteiger partial charge in [-0.2, -0.15) is 0 Å². The molecule has 22 heavy (non-hydrogen) atoms. The summed E-state index contributed by atoms with van der Waals surface area (Å²) in [5.41, 5.74) is 13.6. The average Bonchev–Trinajstić information content (AvgIpc) is 2.80. The predicted octanol–water partition coefficient (Wildman–Crippen LogP) is 4.92. The van der Waals surface area contributed by atoms with E-state index in [9.17, 15) is 0 Å². The molecule has 0 aliphatic heterocycles. The molecule has 0 aromatic heterocycles. The van der Waals surface area contributed by atoms with Crippen molar-refractivity contribution in [3.8, 4) is 0 Å². The highest BCUT2D eigenvalue weighted by Crippen LogP contribution is 2.62. The van der Waals surface area contributed by atoms with Crippen molar-refractivity contribution >= 4 is 5.69 Å². The number of nitrogens with two attached hydrogens (primary N) is 1. The summed E-state index contributed by atoms with van der Waals surface area (Å²) in [7, 11) is 0. The number of benzene rings is 2. The Labute approximate surface area is 133 Å². The lowest BCUT2D eigenvalue weighted by atomic mass is 9.72. The lowest BCUT2D eigenvalue weighted by Crippen LogP contribution is -2.27. The monoisotopic (exact) mass is 291 g/mol. The second kappa shape index (κ2) is 3.95. The molecule has 0 saturated carbocycles. The summed E-state index contributed by atoms with van der Waals surface area (Å²) in [6.07, 6.45) is 2.36. The summed E-state index contributed by atoms with van der Waals surface area (Å²) < 4.78 is 0. The molecule has 2 N–H and O–H groups in total. The van der Waals surface area contributed by atoms with Crippen LogP contribution in [0.15, 0.2) is 42.5 Å². The number of nitrogen functional groups attached to an aromatic ring is 1. The van der Waals surface area contributed by atoms with Crippen LogP contribution >= 0.6 is 0 Å². The van der Waals surface area contributed by atoms with Crippen molar-refractivity contribution in [2.24, 2.45) is 0 Å². The smallest absolute Gasteiger partial charge is 0.0317 e. The van der Waals surface area contributed by atoms with Crippen molar-refractivity contribution in [2.75, 3.05) is 5.73 Å². The van der Waals surface area contributed by atoms with Gasteiger partial charge in [0, 0.05) is 11.1 Å². The molecular weight excluding hydrogens is 266 g/mol. The van der Waals surface area contributed by atoms with Gasteiger partial charge in [-0.1, -0.05) is 58.0 Å². The SMILES string of the molecule is CC1(C)CC2(CC(C)(C)c3ccc(N)cc32)c2ccccc21. The molecule has 4 rings (SSSR count). The largest absolute Gasteiger partial charge is 0.399 e. The van der Waals surface area contributed by atoms with Gasteiger partial charge in [-0.3, -0.25) is 0 Å². The first kappa shape index (κ1) is 13.9. The number of rotatable bonds is 0. The second-order valence-electron chi connectivity index (χ2n) is 8.55. The van der Waals surface area contributed by atoms with Crippen LogP contribution in [-0.4, -0.2) is 0 Å². The third kappa shape index (κ3) is 1.60. The van der Waals surface area contributed by atoms with E-state index in [4.69, 9.17) is 5.73 Å². The Morgan fingerprint density at radius 1 is 0.727 bits per heavy atom. The zero-order valence-electron chi connectivity index (χ0n) is 14.0. The van der Waals surface area contributed by atoms with Crippen LogP contribution in [0.25, 0.3) is 0 Å². The molecule has 0 heterocycles. The van der Waals surface area contributed by atoms with Crippen molar-refractivity contribution in [3.63, 3.8) is 0 Å². The first-order chi connectivity index (χ1) is 10.3. The van der Waals surface area contributed by atoms with Gasteiger partial charge in [-0.25, -0.2) is 0 Å². The Hall–Kier alpha value is -1.76. The van der Waals surface area contributed by atoms with Gasteiger partial charge in [0.25, 0.3) is 0 Å². The van der Waals surface area contributed by atoms with E-state index < -0.39 is 0 Å². The van der Waals surface area contributed by atoms with Crippen LogP contribution in [0, 0.1) is 0 Å². The third-order valence-corrected chi connectivity index (χ3v) is 5.95. The first-order valence-electron chi connectivity index (χ1n) is 8.27. The summed E-state index contributed by atoms with van der Waals surface area (Å²) in [6, 6.07) is 15.6. The molecule has 2 aliphatic rings. The van der Waals surface area contributed by atoms with E-state index in [1.54, 1.807) is 0 Å². The molecule has 1 nitrogen and oxygen atoms in total. The quantitative estimate of drug-likeness (QED) is 0.685. The molecule has 0 saturated heterocycles. The van der Waals surface area contributed by atoms with Crippen LogP contribution in [0.5, 0.6) is 0 Å². The van der Waals surface area contributed by atoms with E-state index in [2.05, 4.69) is 70.2 Å². The molecule has 114 valence electrons. The fourth-order valence-corrected chi connectivity index (χ4v) is 5.33. The van der Waals surface area contributed by atoms with E-state index in [0.29, 0.717) is 0 Å². The molecule has 2 aliphatic carbocycles. The highest BCUT2D eigenvalue weighted by Gasteiger charge is 2.55. The number of anilines is 1. The maximum Gasteiger partial charge on any atom is 0.0317 e. The highest BCUT2D eigenvalue weighted by atomic mass is 14.6. The van der Waals surface area contributed by atoms with Gasteiger partial charge in [0.15, 0.2) is 0 Å². The lowest BCUT2D eigenvalue weighted by molar-refractivity contribution is 0.349. The molecule has 2 aromatic carbocycles. The van der Waals surface area contributed by atoms with Gasteiger partial charge >= 0.3 is 0 Å². The van der Waals surface area contributed by atoms with E-state index >= 15 is 0 Å². The maximum absolute atomic E-state index is 6.16. The Kier molecular flexibility index (Phi) is 2.49. The van der Waals surface area contributed by atoms with Crippen molar-refractivity contribution in [2.45, 2.75) is 56.8 Å². The van der Waals surface area contributed by atoms with E-state index in [1.807, 2.05) is 0 Å². The van der Waals surface area contributed by atoms with Crippen LogP contribution in [0.3, 0.4) is 0 Å². The van der Waals surface area contributed by atoms with Gasteiger partial charge in [0.2, 0.25) is 0 Å². The van der Waals surface area contributed by atoms with Crippen molar-refractivity contribution in [1.82, 2.24) is 0 Å². The average molecular weight is 291 g/mol. The Morgan fingerprint density at radius 2 is 1.27 bits per heavy atom. The number of hydrogen-bond donors (Lipinski definition) is 1. The summed E-state index contributed by atoms with van der Waals surface area (Å²) in [6.45, 7) is 9.53. The summed E-state index contributed by atoms with van der Waals surface area (Å²) in [5.74, 6) is 0. The van der Waals surface area contributed by atoms with E-state index in [-0.39, 0.29) is 16.2 Å². The van der Waals surface area contributed by atoms with Crippen LogP contribution in [0.4, 0.5) is 5.69 Å². The number of fused-ring (bicyclic) bond motifs is 4. The molecular formula is C21H25N. The lowest BCUT2D eigenvalue weighted by Gasteiger charge is -2.30. The van der Waals surface area contributed by atoms with Crippen LogP contribution in [0.1, 0.15) is 62.8 Å². The van der Waals surface area contributed by atoms with Gasteiger partial charge in [-0.15, -0.1) is 0 Å². The molecule has 0 fully saturated rings. The fraction of sp³-hybridized carbons (Fsp3) is 0.429. The Balaban J connectivity index is 2.05. The molecule has 1 heteroatoms. The van der Waals surface area contributed by atoms with Crippen LogP contribution in [-0.2, 0) is 16.2 Å². The molecule has 1 atom stereocenters. The van der Waals surface area contributed by atoms with E-state index in [1.165, 1.54) is 35.1 Å². The first-order valence-corrected chi connectivity index (χ1v) is 8.27. The second-order valence-corrected chi connectivity index (χ2v) is 8.55. The molecule has 2 aromatic rings. The molecule has 0 bridgehead atoms. The standard InChI is InChI=1S/C21H25N/c1-19(2)12-21(17-8-6-5-7-15(17)19)13-20(3,4)16-10-9-14(22)11-18(16)21/h5-11H,12-13,22H2,1-4H3. The van der Waals surface area contributed by atoms with Gasteiger partial charge in [-0.05, 0) is 58.1 Å². The zero-order chi connectivity index (χ0) is 15.8. The zero-order valence-corrected chi connectivity index (χ0v) is 14.0. The van der Waals surface area contributed by atoms with Gasteiger partial charge in [0.1, 0.15) is 0 Å². The number of hydrogen-bond acceptors (Lipinski definition) is 1. The van der Waals surface area contributed by atoms with Gasteiger partial charge < -0.3 is 5.73 Å². The molecule has 0 amide bonds. The summed E-state index contributed by atoms with van der Waals surface area (Å²) in [5, 5.41) is 0. The van der Waals surface area contributed by atoms with E-state index in [0.717, 1.165) is 5.69 Å². The summed E-state index contributed by atoms with van der Waals surface area (Å²) >= 11 is 0. The van der Waals surface area contributed by atoms with Crippen molar-refractivity contribution < 1.29 is 0 Å². The fourth-order valence-electron chi connectivity index (χ4n) is 5.33. The topological polar surface area (TPSA) is 26.0 Å². The third-order valence-electron chi connectivity index (χ3n) is 5.95. The van der Waals surface area contributed by atoms with Crippen LogP contribution < -0.4 is 5.73 Å². The molecule has 0 radical (unpaired) electrons. The molecule has 1 unspecified atom stereocenters. The van der Waals surface area contributed by atoms with Gasteiger partial charge in [0.05, 0.1) is 0 Å². The normalized spacial score (nSPS) is 26.9. The predicted molar refractivity (Wildman–Crippen MR) is 93.4 cm³/mol. The van der Waals surface area contributed by atoms with Crippen molar-refractivity contribution in [3.05, 3.63) is 64.7 Å². The summed E-state index contributed by atoms with van der Waals surface area (Å²) in [4.78, 5) is 0. The van der Waals surface area contributed by atoms with Crippen molar-refractivity contribution in [1.29, 1.82) is 0 Å². The maximum atomic E-state index is 6.16. The minimum Gasteiger partial charge on any atom is -0.399 e. The Morgan fingerprint density at radius 3 is 1.91 bits per heavy atom. The highest BCUT2D eigenvalue weighted by molar-refractivity contribution is 5.62. The Bertz CT molecular complexity index is 765. The molecule has 1 spiro atoms. The minimum absolute atomic E-state index is 0.133.